The molecule has 0 saturated carbocycles. The Balaban J connectivity index is 2.27. The van der Waals surface area contributed by atoms with Gasteiger partial charge in [0, 0.05) is 11.6 Å². The second-order valence-electron chi connectivity index (χ2n) is 3.19. The van der Waals surface area contributed by atoms with Crippen LogP contribution in [0.5, 0.6) is 0 Å². The van der Waals surface area contributed by atoms with Gasteiger partial charge in [0.1, 0.15) is 6.54 Å². The molecule has 1 heterocycles. The van der Waals surface area contributed by atoms with Crippen LogP contribution in [-0.2, 0) is 23.8 Å². The Hall–Kier alpha value is -2.05. The van der Waals surface area contributed by atoms with Crippen LogP contribution in [0, 0.1) is 0 Å². The summed E-state index contributed by atoms with van der Waals surface area (Å²) in [7, 11) is 0. The monoisotopic (exact) mass is 243 g/mol. The van der Waals surface area contributed by atoms with Gasteiger partial charge in [0.05, 0.1) is 6.61 Å². The number of amides is 1. The van der Waals surface area contributed by atoms with Crippen LogP contribution in [-0.4, -0.2) is 37.5 Å². The van der Waals surface area contributed by atoms with Crippen molar-refractivity contribution in [2.75, 3.05) is 13.2 Å². The molecular formula is C10H13NO6. The Morgan fingerprint density at radius 1 is 1.53 bits per heavy atom. The zero-order valence-corrected chi connectivity index (χ0v) is 9.52. The molecule has 1 aliphatic rings. The van der Waals surface area contributed by atoms with Crippen molar-refractivity contribution in [3.8, 4) is 0 Å². The molecule has 0 aromatic rings. The third-order valence-corrected chi connectivity index (χ3v) is 1.84. The smallest absolute Gasteiger partial charge is 0.410 e. The molecule has 0 aliphatic carbocycles. The number of rotatable bonds is 4. The fourth-order valence-corrected chi connectivity index (χ4v) is 1.07. The topological polar surface area (TPSA) is 90.9 Å². The lowest BCUT2D eigenvalue weighted by Gasteiger charge is -2.10. The van der Waals surface area contributed by atoms with E-state index in [2.05, 4.69) is 14.8 Å². The van der Waals surface area contributed by atoms with Crippen LogP contribution in [0.4, 0.5) is 4.79 Å². The van der Waals surface area contributed by atoms with Crippen molar-refractivity contribution < 1.29 is 28.6 Å². The molecule has 0 saturated heterocycles. The summed E-state index contributed by atoms with van der Waals surface area (Å²) in [5.74, 6) is -1.10. The highest BCUT2D eigenvalue weighted by Crippen LogP contribution is 2.13. The normalized spacial score (nSPS) is 18.1. The van der Waals surface area contributed by atoms with Crippen LogP contribution < -0.4 is 5.32 Å². The van der Waals surface area contributed by atoms with Crippen LogP contribution in [0.25, 0.3) is 0 Å². The summed E-state index contributed by atoms with van der Waals surface area (Å²) >= 11 is 0. The summed E-state index contributed by atoms with van der Waals surface area (Å²) < 4.78 is 14.0. The van der Waals surface area contributed by atoms with Gasteiger partial charge in [-0.05, 0) is 13.8 Å². The zero-order chi connectivity index (χ0) is 12.8. The van der Waals surface area contributed by atoms with E-state index in [0.29, 0.717) is 5.57 Å². The lowest BCUT2D eigenvalue weighted by molar-refractivity contribution is -0.152. The van der Waals surface area contributed by atoms with E-state index < -0.39 is 24.3 Å². The van der Waals surface area contributed by atoms with Gasteiger partial charge in [-0.15, -0.1) is 0 Å². The maximum atomic E-state index is 11.2. The quantitative estimate of drug-likeness (QED) is 0.704. The summed E-state index contributed by atoms with van der Waals surface area (Å²) in [6.07, 6.45) is -0.529. The van der Waals surface area contributed by atoms with Gasteiger partial charge in [-0.3, -0.25) is 4.79 Å². The summed E-state index contributed by atoms with van der Waals surface area (Å²) in [4.78, 5) is 33.0. The minimum absolute atomic E-state index is 0.234. The highest BCUT2D eigenvalue weighted by atomic mass is 16.7. The van der Waals surface area contributed by atoms with E-state index in [-0.39, 0.29) is 13.2 Å². The summed E-state index contributed by atoms with van der Waals surface area (Å²) in [6, 6.07) is 0. The fourth-order valence-electron chi connectivity index (χ4n) is 1.07. The lowest BCUT2D eigenvalue weighted by Crippen LogP contribution is -2.33. The number of ether oxygens (including phenoxy) is 3. The van der Waals surface area contributed by atoms with Crippen LogP contribution >= 0.6 is 0 Å². The van der Waals surface area contributed by atoms with E-state index >= 15 is 0 Å². The van der Waals surface area contributed by atoms with Crippen LogP contribution in [0.3, 0.4) is 0 Å². The van der Waals surface area contributed by atoms with Gasteiger partial charge in [0.15, 0.2) is 0 Å². The SMILES string of the molecule is CCOC(=O)CNC(=O)OC1C=C(C)C(=O)O1. The maximum Gasteiger partial charge on any atom is 0.410 e. The number of esters is 2. The van der Waals surface area contributed by atoms with Gasteiger partial charge in [-0.25, -0.2) is 9.59 Å². The molecule has 0 fully saturated rings. The largest absolute Gasteiger partial charge is 0.465 e. The molecule has 0 spiro atoms. The van der Waals surface area contributed by atoms with Crippen molar-refractivity contribution in [2.24, 2.45) is 0 Å². The predicted octanol–water partition coefficient (Wildman–Crippen LogP) is 0.105. The third-order valence-electron chi connectivity index (χ3n) is 1.84. The Bertz CT molecular complexity index is 362. The zero-order valence-electron chi connectivity index (χ0n) is 9.52. The molecule has 17 heavy (non-hydrogen) atoms. The van der Waals surface area contributed by atoms with Gasteiger partial charge in [-0.2, -0.15) is 0 Å². The van der Waals surface area contributed by atoms with E-state index in [0.717, 1.165) is 0 Å². The van der Waals surface area contributed by atoms with Crippen molar-refractivity contribution in [1.82, 2.24) is 5.32 Å². The number of hydrogen-bond acceptors (Lipinski definition) is 6. The van der Waals surface area contributed by atoms with Crippen LogP contribution in [0.2, 0.25) is 0 Å². The molecule has 1 aliphatic heterocycles. The molecule has 1 rings (SSSR count). The summed E-state index contributed by atoms with van der Waals surface area (Å²) in [5, 5.41) is 2.17. The van der Waals surface area contributed by atoms with Crippen molar-refractivity contribution in [2.45, 2.75) is 20.1 Å². The molecule has 7 nitrogen and oxygen atoms in total. The first-order valence-corrected chi connectivity index (χ1v) is 5.02. The molecule has 0 radical (unpaired) electrons. The lowest BCUT2D eigenvalue weighted by atomic mass is 10.3. The summed E-state index contributed by atoms with van der Waals surface area (Å²) in [6.45, 7) is 3.14. The Morgan fingerprint density at radius 2 is 2.24 bits per heavy atom. The molecule has 1 atom stereocenters. The van der Waals surface area contributed by atoms with Crippen molar-refractivity contribution in [1.29, 1.82) is 0 Å². The Kier molecular flexibility index (Phi) is 4.50. The molecule has 1 amide bonds. The number of hydrogen-bond donors (Lipinski definition) is 1. The van der Waals surface area contributed by atoms with E-state index in [1.807, 2.05) is 0 Å². The Labute approximate surface area is 97.7 Å². The van der Waals surface area contributed by atoms with E-state index in [1.165, 1.54) is 6.08 Å². The van der Waals surface area contributed by atoms with E-state index in [1.54, 1.807) is 13.8 Å². The molecule has 1 unspecified atom stereocenters. The molecule has 7 heteroatoms. The summed E-state index contributed by atoms with van der Waals surface area (Å²) in [5.41, 5.74) is 0.369. The average Bonchev–Trinajstić information content (AvgIpc) is 2.55. The Morgan fingerprint density at radius 3 is 2.76 bits per heavy atom. The third kappa shape index (κ3) is 4.13. The highest BCUT2D eigenvalue weighted by molar-refractivity contribution is 5.90. The number of carbonyl (C=O) groups excluding carboxylic acids is 3. The molecule has 0 bridgehead atoms. The molecular weight excluding hydrogens is 230 g/mol. The van der Waals surface area contributed by atoms with Gasteiger partial charge in [0.2, 0.25) is 0 Å². The first kappa shape index (κ1) is 13.0. The van der Waals surface area contributed by atoms with E-state index in [9.17, 15) is 14.4 Å². The maximum absolute atomic E-state index is 11.2. The molecule has 1 N–H and O–H groups in total. The van der Waals surface area contributed by atoms with Crippen LogP contribution in [0.1, 0.15) is 13.8 Å². The van der Waals surface area contributed by atoms with Gasteiger partial charge in [0.25, 0.3) is 6.29 Å². The standard InChI is InChI=1S/C10H13NO6/c1-3-15-7(12)5-11-10(14)17-8-4-6(2)9(13)16-8/h4,8H,3,5H2,1-2H3,(H,11,14). The van der Waals surface area contributed by atoms with E-state index in [4.69, 9.17) is 4.74 Å². The number of nitrogens with one attached hydrogen (secondary N) is 1. The average molecular weight is 243 g/mol. The molecule has 94 valence electrons. The minimum atomic E-state index is -1.04. The number of carbonyl (C=O) groups is 3. The van der Waals surface area contributed by atoms with Gasteiger partial charge >= 0.3 is 18.0 Å². The molecule has 0 aromatic carbocycles. The molecule has 0 aromatic heterocycles. The number of cyclic esters (lactones) is 1. The fraction of sp³-hybridized carbons (Fsp3) is 0.500. The second-order valence-corrected chi connectivity index (χ2v) is 3.19. The van der Waals surface area contributed by atoms with Crippen molar-refractivity contribution in [3.63, 3.8) is 0 Å². The number of alkyl carbamates (subject to hydrolysis) is 1. The van der Waals surface area contributed by atoms with Crippen molar-refractivity contribution in [3.05, 3.63) is 11.6 Å². The highest BCUT2D eigenvalue weighted by Gasteiger charge is 2.25. The second kappa shape index (κ2) is 5.88. The van der Waals surface area contributed by atoms with Crippen LogP contribution in [0.15, 0.2) is 11.6 Å². The van der Waals surface area contributed by atoms with Gasteiger partial charge in [-0.1, -0.05) is 0 Å². The predicted molar refractivity (Wildman–Crippen MR) is 54.8 cm³/mol. The van der Waals surface area contributed by atoms with Crippen molar-refractivity contribution >= 4 is 18.0 Å². The first-order valence-electron chi connectivity index (χ1n) is 5.02. The van der Waals surface area contributed by atoms with Gasteiger partial charge < -0.3 is 19.5 Å². The minimum Gasteiger partial charge on any atom is -0.465 e. The first-order chi connectivity index (χ1) is 8.02.